The Hall–Kier alpha value is -2.86. The minimum Gasteiger partial charge on any atom is -0.455 e. The number of Topliss-reactive ketones (excluding diaryl/α,β-unsaturated/α-hetero) is 1. The number of ether oxygens (including phenoxy) is 5. The summed E-state index contributed by atoms with van der Waals surface area (Å²) in [5, 5.41) is 2.84. The van der Waals surface area contributed by atoms with Crippen LogP contribution in [0.25, 0.3) is 0 Å². The molecule has 9 atom stereocenters. The van der Waals surface area contributed by atoms with E-state index in [2.05, 4.69) is 30.7 Å². The first-order valence-corrected chi connectivity index (χ1v) is 15.4. The van der Waals surface area contributed by atoms with Crippen LogP contribution in [0.15, 0.2) is 37.1 Å². The molecule has 11 nitrogen and oxygen atoms in total. The van der Waals surface area contributed by atoms with Gasteiger partial charge in [-0.15, -0.1) is 6.58 Å². The van der Waals surface area contributed by atoms with Crippen molar-refractivity contribution in [1.29, 1.82) is 0 Å². The maximum atomic E-state index is 14.8. The van der Waals surface area contributed by atoms with Crippen LogP contribution in [-0.4, -0.2) is 89.9 Å². The Morgan fingerprint density at radius 2 is 1.91 bits per heavy atom. The van der Waals surface area contributed by atoms with Crippen molar-refractivity contribution < 1.29 is 38.1 Å². The smallest absolute Gasteiger partial charge is 0.407 e. The molecular weight excluding hydrogens is 566 g/mol. The van der Waals surface area contributed by atoms with E-state index in [4.69, 9.17) is 23.7 Å². The lowest BCUT2D eigenvalue weighted by Gasteiger charge is -2.74. The number of nitrogens with one attached hydrogen (secondary N) is 1. The van der Waals surface area contributed by atoms with Crippen LogP contribution in [-0.2, 0) is 39.7 Å². The molecule has 4 aliphatic rings. The zero-order valence-electron chi connectivity index (χ0n) is 27.2. The summed E-state index contributed by atoms with van der Waals surface area (Å²) in [6.45, 7) is 15.2. The predicted molar refractivity (Wildman–Crippen MR) is 160 cm³/mol. The van der Waals surface area contributed by atoms with Gasteiger partial charge in [-0.3, -0.25) is 19.5 Å². The summed E-state index contributed by atoms with van der Waals surface area (Å²) < 4.78 is 32.8. The number of ketones is 1. The SMILES string of the molecule is C=C[C@@]1(C)CC(=O)[C@@]23OC(N(C)C)O[C@H]4CCC(C)(C)[C@H]([C@H](OC(=O)NCCc5ccccn5)[C@H](OC(C)=O)[C@@]2(C)O1)[C@]43C. The second kappa shape index (κ2) is 11.2. The molecule has 1 aromatic heterocycles. The molecule has 1 aromatic rings. The van der Waals surface area contributed by atoms with Gasteiger partial charge in [0.15, 0.2) is 17.5 Å². The fraction of sp³-hybridized carbons (Fsp3) is 0.697. The van der Waals surface area contributed by atoms with E-state index in [0.29, 0.717) is 12.8 Å². The quantitative estimate of drug-likeness (QED) is 0.359. The summed E-state index contributed by atoms with van der Waals surface area (Å²) >= 11 is 0. The molecule has 0 radical (unpaired) electrons. The lowest BCUT2D eigenvalue weighted by molar-refractivity contribution is -0.456. The summed E-state index contributed by atoms with van der Waals surface area (Å²) in [6, 6.07) is 5.60. The number of rotatable bonds is 7. The van der Waals surface area contributed by atoms with Crippen LogP contribution in [0.5, 0.6) is 0 Å². The Morgan fingerprint density at radius 1 is 1.18 bits per heavy atom. The number of hydrogen-bond donors (Lipinski definition) is 1. The zero-order valence-corrected chi connectivity index (χ0v) is 27.2. The molecule has 2 saturated heterocycles. The van der Waals surface area contributed by atoms with Crippen molar-refractivity contribution in [1.82, 2.24) is 15.2 Å². The van der Waals surface area contributed by atoms with Gasteiger partial charge in [0.05, 0.1) is 11.7 Å². The molecule has 1 spiro atoms. The molecule has 4 fully saturated rings. The Balaban J connectivity index is 1.64. The molecule has 2 saturated carbocycles. The Morgan fingerprint density at radius 3 is 2.52 bits per heavy atom. The molecule has 2 aliphatic heterocycles. The third kappa shape index (κ3) is 4.87. The van der Waals surface area contributed by atoms with E-state index in [-0.39, 0.29) is 18.7 Å². The first kappa shape index (κ1) is 32.5. The number of amides is 1. The molecule has 5 rings (SSSR count). The molecule has 1 N–H and O–H groups in total. The van der Waals surface area contributed by atoms with Crippen molar-refractivity contribution in [3.8, 4) is 0 Å². The van der Waals surface area contributed by atoms with Crippen LogP contribution < -0.4 is 5.32 Å². The maximum absolute atomic E-state index is 14.8. The van der Waals surface area contributed by atoms with Gasteiger partial charge in [-0.05, 0) is 58.3 Å². The van der Waals surface area contributed by atoms with Crippen LogP contribution >= 0.6 is 0 Å². The Kier molecular flexibility index (Phi) is 8.27. The van der Waals surface area contributed by atoms with Gasteiger partial charge in [-0.2, -0.15) is 0 Å². The summed E-state index contributed by atoms with van der Waals surface area (Å²) in [4.78, 5) is 47.3. The van der Waals surface area contributed by atoms with E-state index in [9.17, 15) is 14.4 Å². The van der Waals surface area contributed by atoms with Gasteiger partial charge in [0.25, 0.3) is 0 Å². The molecule has 44 heavy (non-hydrogen) atoms. The van der Waals surface area contributed by atoms with Gasteiger partial charge in [-0.25, -0.2) is 4.79 Å². The number of hydrogen-bond acceptors (Lipinski definition) is 10. The second-order valence-electron chi connectivity index (χ2n) is 14.2. The lowest BCUT2D eigenvalue weighted by Crippen LogP contribution is -2.90. The van der Waals surface area contributed by atoms with E-state index in [0.717, 1.165) is 12.1 Å². The van der Waals surface area contributed by atoms with Gasteiger partial charge in [0.1, 0.15) is 11.7 Å². The highest BCUT2D eigenvalue weighted by Crippen LogP contribution is 2.70. The highest BCUT2D eigenvalue weighted by Gasteiger charge is 2.85. The van der Waals surface area contributed by atoms with Gasteiger partial charge >= 0.3 is 12.1 Å². The van der Waals surface area contributed by atoms with Gasteiger partial charge in [0.2, 0.25) is 6.41 Å². The summed E-state index contributed by atoms with van der Waals surface area (Å²) in [7, 11) is 3.64. The van der Waals surface area contributed by atoms with Crippen molar-refractivity contribution in [3.05, 3.63) is 42.7 Å². The third-order valence-electron chi connectivity index (χ3n) is 10.5. The molecule has 0 bridgehead atoms. The van der Waals surface area contributed by atoms with E-state index in [1.807, 2.05) is 39.2 Å². The van der Waals surface area contributed by atoms with Gasteiger partial charge < -0.3 is 29.0 Å². The van der Waals surface area contributed by atoms with Crippen LogP contribution in [0.1, 0.15) is 66.5 Å². The van der Waals surface area contributed by atoms with Gasteiger partial charge in [-0.1, -0.05) is 32.9 Å². The highest BCUT2D eigenvalue weighted by atomic mass is 16.7. The number of carbonyl (C=O) groups is 3. The second-order valence-corrected chi connectivity index (χ2v) is 14.2. The monoisotopic (exact) mass is 613 g/mol. The van der Waals surface area contributed by atoms with E-state index in [1.54, 1.807) is 31.0 Å². The third-order valence-corrected chi connectivity index (χ3v) is 10.5. The lowest BCUT2D eigenvalue weighted by atomic mass is 9.39. The largest absolute Gasteiger partial charge is 0.455 e. The summed E-state index contributed by atoms with van der Waals surface area (Å²) in [5.74, 6) is -1.30. The average molecular weight is 614 g/mol. The van der Waals surface area contributed by atoms with E-state index < -0.39 is 70.3 Å². The van der Waals surface area contributed by atoms with Crippen LogP contribution in [0, 0.1) is 16.7 Å². The predicted octanol–water partition coefficient (Wildman–Crippen LogP) is 3.80. The number of esters is 1. The molecule has 1 amide bonds. The molecular formula is C33H47N3O8. The highest BCUT2D eigenvalue weighted by molar-refractivity contribution is 5.93. The molecule has 1 unspecified atom stereocenters. The molecule has 3 heterocycles. The van der Waals surface area contributed by atoms with Crippen molar-refractivity contribution in [2.24, 2.45) is 16.7 Å². The summed E-state index contributed by atoms with van der Waals surface area (Å²) in [5.41, 5.74) is -4.99. The van der Waals surface area contributed by atoms with E-state index >= 15 is 0 Å². The number of alkyl carbamates (subject to hydrolysis) is 1. The minimum absolute atomic E-state index is 0.00796. The fourth-order valence-corrected chi connectivity index (χ4v) is 8.77. The average Bonchev–Trinajstić information content (AvgIpc) is 2.93. The van der Waals surface area contributed by atoms with Crippen LogP contribution in [0.2, 0.25) is 0 Å². The fourth-order valence-electron chi connectivity index (χ4n) is 8.77. The number of aromatic nitrogens is 1. The van der Waals surface area contributed by atoms with E-state index in [1.165, 1.54) is 6.92 Å². The Labute approximate surface area is 260 Å². The molecule has 2 aliphatic carbocycles. The zero-order chi connectivity index (χ0) is 32.3. The first-order valence-electron chi connectivity index (χ1n) is 15.4. The first-order chi connectivity index (χ1) is 20.5. The Bertz CT molecular complexity index is 1300. The number of carbonyl (C=O) groups excluding carboxylic acids is 3. The molecule has 0 aromatic carbocycles. The number of nitrogens with zero attached hydrogens (tertiary/aromatic N) is 2. The van der Waals surface area contributed by atoms with Crippen molar-refractivity contribution in [2.45, 2.75) is 109 Å². The maximum Gasteiger partial charge on any atom is 0.407 e. The van der Waals surface area contributed by atoms with Crippen LogP contribution in [0.3, 0.4) is 0 Å². The normalized spacial score (nSPS) is 40.8. The topological polar surface area (TPSA) is 126 Å². The molecule has 11 heteroatoms. The van der Waals surface area contributed by atoms with Crippen molar-refractivity contribution in [3.63, 3.8) is 0 Å². The molecule has 242 valence electrons. The van der Waals surface area contributed by atoms with Crippen molar-refractivity contribution >= 4 is 17.8 Å². The minimum atomic E-state index is -1.61. The number of pyridine rings is 1. The standard InChI is InChI=1S/C33H47N3O8/c1-10-30(5)19-22(38)33-31(6)23(41-28(43-33)36(8)9)14-16-29(3,4)25(31)24(26(40-20(2)37)32(33,7)44-30)42-27(39)35-18-15-21-13-11-12-17-34-21/h10-13,17,23-26,28H,1,14-16,18-19H2,2-9H3,(H,35,39)/t23-,24-,25-,26-,28?,30-,31-,32+,33-/m0/s1. The van der Waals surface area contributed by atoms with Crippen LogP contribution in [0.4, 0.5) is 4.79 Å². The van der Waals surface area contributed by atoms with Crippen molar-refractivity contribution in [2.75, 3.05) is 20.6 Å². The van der Waals surface area contributed by atoms with Gasteiger partial charge in [0, 0.05) is 49.5 Å². The summed E-state index contributed by atoms with van der Waals surface area (Å²) in [6.07, 6.45) is 1.01.